The number of ketones is 1. The van der Waals surface area contributed by atoms with Gasteiger partial charge in [0.2, 0.25) is 0 Å². The number of allylic oxidation sites excluding steroid dienone is 4. The van der Waals surface area contributed by atoms with Crippen LogP contribution in [0.15, 0.2) is 59.8 Å². The van der Waals surface area contributed by atoms with Crippen LogP contribution in [0.2, 0.25) is 5.02 Å². The first-order valence-electron chi connectivity index (χ1n) is 11.7. The molecule has 1 aromatic carbocycles. The van der Waals surface area contributed by atoms with Crippen LogP contribution in [0.25, 0.3) is 0 Å². The van der Waals surface area contributed by atoms with Gasteiger partial charge in [0.1, 0.15) is 6.61 Å². The maximum Gasteiger partial charge on any atom is 0.410 e. The van der Waals surface area contributed by atoms with Gasteiger partial charge < -0.3 is 15.0 Å². The summed E-state index contributed by atoms with van der Waals surface area (Å²) in [5.41, 5.74) is 3.87. The zero-order valence-corrected chi connectivity index (χ0v) is 21.3. The summed E-state index contributed by atoms with van der Waals surface area (Å²) in [6.45, 7) is 15.1. The molecular formula is C27H37ClN2O3. The van der Waals surface area contributed by atoms with E-state index in [1.54, 1.807) is 13.0 Å². The van der Waals surface area contributed by atoms with Crippen LogP contribution < -0.4 is 5.32 Å². The zero-order chi connectivity index (χ0) is 24.6. The lowest BCUT2D eigenvalue weighted by molar-refractivity contribution is -0.113. The SMILES string of the molecule is C=C/C(=C\C1=C(C)N[C@@](C)(c2ccc(Cl)cc2)C1)C(C)=O.CCCC(CC)N1CCOC1=O. The molecule has 1 unspecified atom stereocenters. The second-order valence-corrected chi connectivity index (χ2v) is 9.25. The summed E-state index contributed by atoms with van der Waals surface area (Å²) in [6.07, 6.45) is 7.48. The van der Waals surface area contributed by atoms with Crippen molar-refractivity contribution in [3.8, 4) is 0 Å². The normalized spacial score (nSPS) is 21.2. The van der Waals surface area contributed by atoms with Gasteiger partial charge in [0.05, 0.1) is 12.1 Å². The molecule has 0 aromatic heterocycles. The van der Waals surface area contributed by atoms with E-state index in [0.29, 0.717) is 18.2 Å². The molecule has 3 rings (SSSR count). The molecule has 1 N–H and O–H groups in total. The monoisotopic (exact) mass is 472 g/mol. The van der Waals surface area contributed by atoms with E-state index >= 15 is 0 Å². The van der Waals surface area contributed by atoms with Gasteiger partial charge in [-0.3, -0.25) is 4.79 Å². The fraction of sp³-hybridized carbons (Fsp3) is 0.481. The number of carbonyl (C=O) groups is 2. The summed E-state index contributed by atoms with van der Waals surface area (Å²) in [4.78, 5) is 24.5. The van der Waals surface area contributed by atoms with Crippen LogP contribution in [-0.2, 0) is 15.1 Å². The summed E-state index contributed by atoms with van der Waals surface area (Å²) >= 11 is 5.95. The van der Waals surface area contributed by atoms with E-state index in [1.165, 1.54) is 5.56 Å². The highest BCUT2D eigenvalue weighted by atomic mass is 35.5. The summed E-state index contributed by atoms with van der Waals surface area (Å²) in [7, 11) is 0. The van der Waals surface area contributed by atoms with Gasteiger partial charge in [-0.05, 0) is 63.0 Å². The molecule has 0 saturated carbocycles. The lowest BCUT2D eigenvalue weighted by Gasteiger charge is -2.27. The number of halogens is 1. The standard InChI is InChI=1S/C18H20ClNO.C9H17NO2/c1-5-14(13(3)21)10-15-11-18(4,20-12(15)2)16-6-8-17(19)9-7-16;1-3-5-8(4-2)10-6-7-12-9(10)11/h5-10,20H,1,11H2,2-4H3;8H,3-7H2,1-2H3/b14-10+;/t18-;/m1./s1. The van der Waals surface area contributed by atoms with Crippen molar-refractivity contribution >= 4 is 23.5 Å². The molecule has 0 aliphatic carbocycles. The molecule has 1 amide bonds. The first-order chi connectivity index (χ1) is 15.6. The number of nitrogens with zero attached hydrogens (tertiary/aromatic N) is 1. The van der Waals surface area contributed by atoms with E-state index in [-0.39, 0.29) is 17.4 Å². The van der Waals surface area contributed by atoms with Gasteiger partial charge in [-0.2, -0.15) is 0 Å². The van der Waals surface area contributed by atoms with Crippen LogP contribution in [0.5, 0.6) is 0 Å². The van der Waals surface area contributed by atoms with Crippen LogP contribution in [-0.4, -0.2) is 36.0 Å². The first-order valence-corrected chi connectivity index (χ1v) is 12.0. The topological polar surface area (TPSA) is 58.6 Å². The fourth-order valence-electron chi connectivity index (χ4n) is 4.35. The summed E-state index contributed by atoms with van der Waals surface area (Å²) < 4.78 is 4.88. The molecule has 1 saturated heterocycles. The Kier molecular flexibility index (Phi) is 9.78. The Bertz CT molecular complexity index is 920. The van der Waals surface area contributed by atoms with E-state index in [4.69, 9.17) is 16.3 Å². The third kappa shape index (κ3) is 6.97. The fourth-order valence-corrected chi connectivity index (χ4v) is 4.47. The maximum atomic E-state index is 11.5. The number of hydrogen-bond acceptors (Lipinski definition) is 4. The van der Waals surface area contributed by atoms with Gasteiger partial charge >= 0.3 is 6.09 Å². The Hall–Kier alpha value is -2.53. The third-order valence-corrected chi connectivity index (χ3v) is 6.50. The summed E-state index contributed by atoms with van der Waals surface area (Å²) in [6, 6.07) is 8.27. The highest BCUT2D eigenvalue weighted by molar-refractivity contribution is 6.30. The van der Waals surface area contributed by atoms with Crippen LogP contribution in [0.3, 0.4) is 0 Å². The van der Waals surface area contributed by atoms with Crippen molar-refractivity contribution in [1.82, 2.24) is 10.2 Å². The second-order valence-electron chi connectivity index (χ2n) is 8.81. The number of rotatable bonds is 8. The van der Waals surface area contributed by atoms with Crippen molar-refractivity contribution in [1.29, 1.82) is 0 Å². The van der Waals surface area contributed by atoms with Gasteiger partial charge in [0, 0.05) is 28.8 Å². The number of carbonyl (C=O) groups excluding carboxylic acids is 2. The largest absolute Gasteiger partial charge is 0.448 e. The molecule has 5 nitrogen and oxygen atoms in total. The Morgan fingerprint density at radius 1 is 1.33 bits per heavy atom. The molecule has 1 fully saturated rings. The number of hydrogen-bond donors (Lipinski definition) is 1. The Labute approximate surface area is 203 Å². The van der Waals surface area contributed by atoms with E-state index in [9.17, 15) is 9.59 Å². The lowest BCUT2D eigenvalue weighted by atomic mass is 9.88. The molecule has 33 heavy (non-hydrogen) atoms. The molecule has 1 aromatic rings. The number of benzene rings is 1. The molecule has 0 radical (unpaired) electrons. The van der Waals surface area contributed by atoms with Gasteiger partial charge in [-0.15, -0.1) is 0 Å². The maximum absolute atomic E-state index is 11.5. The minimum atomic E-state index is -0.177. The third-order valence-electron chi connectivity index (χ3n) is 6.25. The molecule has 2 atom stereocenters. The average molecular weight is 473 g/mol. The number of ether oxygens (including phenoxy) is 1. The van der Waals surface area contributed by atoms with Crippen molar-refractivity contribution in [2.24, 2.45) is 0 Å². The zero-order valence-electron chi connectivity index (χ0n) is 20.5. The van der Waals surface area contributed by atoms with Crippen molar-refractivity contribution in [2.75, 3.05) is 13.2 Å². The molecule has 180 valence electrons. The minimum Gasteiger partial charge on any atom is -0.448 e. The van der Waals surface area contributed by atoms with Crippen molar-refractivity contribution in [3.05, 3.63) is 70.4 Å². The molecule has 2 heterocycles. The van der Waals surface area contributed by atoms with E-state index in [0.717, 1.165) is 48.5 Å². The van der Waals surface area contributed by atoms with Gasteiger partial charge in [0.15, 0.2) is 5.78 Å². The number of nitrogens with one attached hydrogen (secondary N) is 1. The summed E-state index contributed by atoms with van der Waals surface area (Å²) in [5.74, 6) is 0.0328. The van der Waals surface area contributed by atoms with Gasteiger partial charge in [-0.1, -0.05) is 56.7 Å². The second kappa shape index (κ2) is 12.1. The first kappa shape index (κ1) is 26.7. The quantitative estimate of drug-likeness (QED) is 0.344. The number of Topliss-reactive ketones (excluding diaryl/α,β-unsaturated/α-hetero) is 1. The van der Waals surface area contributed by atoms with Gasteiger partial charge in [-0.25, -0.2) is 4.79 Å². The van der Waals surface area contributed by atoms with E-state index in [2.05, 4.69) is 32.7 Å². The molecule has 2 aliphatic heterocycles. The Morgan fingerprint density at radius 2 is 2.00 bits per heavy atom. The van der Waals surface area contributed by atoms with Crippen LogP contribution >= 0.6 is 11.6 Å². The Balaban J connectivity index is 0.000000273. The van der Waals surface area contributed by atoms with Crippen LogP contribution in [0.4, 0.5) is 4.79 Å². The molecule has 6 heteroatoms. The summed E-state index contributed by atoms with van der Waals surface area (Å²) in [5, 5.41) is 4.26. The van der Waals surface area contributed by atoms with Crippen molar-refractivity contribution < 1.29 is 14.3 Å². The van der Waals surface area contributed by atoms with E-state index < -0.39 is 0 Å². The smallest absolute Gasteiger partial charge is 0.410 e. The highest BCUT2D eigenvalue weighted by Crippen LogP contribution is 2.37. The predicted molar refractivity (Wildman–Crippen MR) is 135 cm³/mol. The lowest BCUT2D eigenvalue weighted by Crippen LogP contribution is -2.35. The van der Waals surface area contributed by atoms with Crippen LogP contribution in [0, 0.1) is 0 Å². The molecule has 2 aliphatic rings. The molecule has 0 bridgehead atoms. The van der Waals surface area contributed by atoms with Gasteiger partial charge in [0.25, 0.3) is 0 Å². The average Bonchev–Trinajstić information content (AvgIpc) is 3.33. The van der Waals surface area contributed by atoms with Crippen molar-refractivity contribution in [2.45, 2.75) is 71.9 Å². The number of cyclic esters (lactones) is 1. The van der Waals surface area contributed by atoms with E-state index in [1.807, 2.05) is 42.2 Å². The van der Waals surface area contributed by atoms with Crippen molar-refractivity contribution in [3.63, 3.8) is 0 Å². The van der Waals surface area contributed by atoms with Crippen LogP contribution in [0.1, 0.15) is 65.9 Å². The molecular weight excluding hydrogens is 436 g/mol. The minimum absolute atomic E-state index is 0.0328. The number of amides is 1. The molecule has 0 spiro atoms. The Morgan fingerprint density at radius 3 is 2.48 bits per heavy atom. The highest BCUT2D eigenvalue weighted by Gasteiger charge is 2.33. The predicted octanol–water partition coefficient (Wildman–Crippen LogP) is 6.54.